The highest BCUT2D eigenvalue weighted by atomic mass is 28.4. The first-order valence-electron chi connectivity index (χ1n) is 12.3. The van der Waals surface area contributed by atoms with Crippen molar-refractivity contribution < 1.29 is 27.5 Å². The van der Waals surface area contributed by atoms with Crippen LogP contribution in [0.3, 0.4) is 0 Å². The SMILES string of the molecule is CC(C)(C)[Si](OCC(Nc1ncc2c(n1)CN(C(=O)O)CC2)C(F)(F)F)(c1ccccc1)c1ccccc1. The average Bonchev–Trinajstić information content (AvgIpc) is 2.87. The largest absolute Gasteiger partial charge is 0.465 e. The number of hydrogen-bond donors (Lipinski definition) is 2. The number of anilines is 1. The van der Waals surface area contributed by atoms with Crippen LogP contribution >= 0.6 is 0 Å². The molecule has 0 saturated carbocycles. The summed E-state index contributed by atoms with van der Waals surface area (Å²) in [6, 6.07) is 16.8. The highest BCUT2D eigenvalue weighted by Crippen LogP contribution is 2.37. The topological polar surface area (TPSA) is 87.6 Å². The Labute approximate surface area is 220 Å². The molecule has 0 radical (unpaired) electrons. The van der Waals surface area contributed by atoms with Gasteiger partial charge in [0.15, 0.2) is 0 Å². The Morgan fingerprint density at radius 2 is 1.66 bits per heavy atom. The normalized spacial score (nSPS) is 15.1. The van der Waals surface area contributed by atoms with Crippen molar-refractivity contribution in [2.75, 3.05) is 18.5 Å². The van der Waals surface area contributed by atoms with Crippen molar-refractivity contribution in [2.24, 2.45) is 0 Å². The number of halogens is 3. The number of hydrogen-bond acceptors (Lipinski definition) is 5. The van der Waals surface area contributed by atoms with E-state index < -0.39 is 38.3 Å². The molecule has 2 aromatic carbocycles. The first-order valence-corrected chi connectivity index (χ1v) is 14.2. The van der Waals surface area contributed by atoms with Crippen LogP contribution < -0.4 is 15.7 Å². The molecular formula is C27H31F3N4O3Si. The van der Waals surface area contributed by atoms with E-state index in [1.807, 2.05) is 81.4 Å². The van der Waals surface area contributed by atoms with Gasteiger partial charge < -0.3 is 19.7 Å². The van der Waals surface area contributed by atoms with E-state index in [4.69, 9.17) is 4.43 Å². The molecule has 38 heavy (non-hydrogen) atoms. The third-order valence-electron chi connectivity index (χ3n) is 6.80. The summed E-state index contributed by atoms with van der Waals surface area (Å²) >= 11 is 0. The number of alkyl halides is 3. The minimum atomic E-state index is -4.65. The minimum Gasteiger partial charge on any atom is -0.465 e. The zero-order chi connectivity index (χ0) is 27.6. The van der Waals surface area contributed by atoms with Crippen LogP contribution in [0.5, 0.6) is 0 Å². The predicted octanol–water partition coefficient (Wildman–Crippen LogP) is 4.43. The third-order valence-corrected chi connectivity index (χ3v) is 11.8. The van der Waals surface area contributed by atoms with E-state index in [0.717, 1.165) is 15.9 Å². The van der Waals surface area contributed by atoms with Gasteiger partial charge in [-0.3, -0.25) is 0 Å². The van der Waals surface area contributed by atoms with Gasteiger partial charge in [-0.15, -0.1) is 0 Å². The van der Waals surface area contributed by atoms with Gasteiger partial charge in [-0.2, -0.15) is 13.2 Å². The predicted molar refractivity (Wildman–Crippen MR) is 141 cm³/mol. The highest BCUT2D eigenvalue weighted by molar-refractivity contribution is 6.99. The molecule has 1 amide bonds. The molecule has 0 aliphatic carbocycles. The first-order chi connectivity index (χ1) is 17.9. The molecule has 2 heterocycles. The molecule has 11 heteroatoms. The van der Waals surface area contributed by atoms with E-state index in [1.54, 1.807) is 0 Å². The molecule has 2 N–H and O–H groups in total. The molecule has 1 atom stereocenters. The molecular weight excluding hydrogens is 513 g/mol. The smallest absolute Gasteiger partial charge is 0.410 e. The molecule has 1 aliphatic rings. The Bertz CT molecular complexity index is 1210. The monoisotopic (exact) mass is 544 g/mol. The second kappa shape index (κ2) is 10.7. The van der Waals surface area contributed by atoms with Gasteiger partial charge in [0.05, 0.1) is 18.8 Å². The van der Waals surface area contributed by atoms with Gasteiger partial charge in [-0.1, -0.05) is 81.4 Å². The number of benzene rings is 2. The highest BCUT2D eigenvalue weighted by Gasteiger charge is 2.52. The van der Waals surface area contributed by atoms with Crippen LogP contribution in [0.25, 0.3) is 0 Å². The summed E-state index contributed by atoms with van der Waals surface area (Å²) in [6.45, 7) is 5.62. The van der Waals surface area contributed by atoms with Gasteiger partial charge in [-0.25, -0.2) is 14.8 Å². The number of carbonyl (C=O) groups is 1. The second-order valence-corrected chi connectivity index (χ2v) is 14.6. The average molecular weight is 545 g/mol. The van der Waals surface area contributed by atoms with Crippen LogP contribution in [-0.4, -0.2) is 59.8 Å². The summed E-state index contributed by atoms with van der Waals surface area (Å²) in [5.41, 5.74) is 1.12. The lowest BCUT2D eigenvalue weighted by Gasteiger charge is -2.43. The third kappa shape index (κ3) is 5.68. The number of carboxylic acid groups (broad SMARTS) is 1. The Kier molecular flexibility index (Phi) is 7.79. The van der Waals surface area contributed by atoms with Gasteiger partial charge in [-0.05, 0) is 27.4 Å². The molecule has 202 valence electrons. The molecule has 0 spiro atoms. The molecule has 3 aromatic rings. The van der Waals surface area contributed by atoms with Crippen molar-refractivity contribution >= 4 is 30.7 Å². The van der Waals surface area contributed by atoms with Gasteiger partial charge in [0.1, 0.15) is 6.04 Å². The fourth-order valence-electron chi connectivity index (χ4n) is 4.88. The van der Waals surface area contributed by atoms with Crippen LogP contribution in [-0.2, 0) is 17.4 Å². The Hall–Kier alpha value is -3.44. The summed E-state index contributed by atoms with van der Waals surface area (Å²) in [6.07, 6.45) is -3.89. The van der Waals surface area contributed by atoms with Crippen LogP contribution in [0.2, 0.25) is 5.04 Å². The lowest BCUT2D eigenvalue weighted by Crippen LogP contribution is -2.67. The van der Waals surface area contributed by atoms with Crippen molar-refractivity contribution in [1.29, 1.82) is 0 Å². The molecule has 0 bridgehead atoms. The molecule has 0 fully saturated rings. The van der Waals surface area contributed by atoms with E-state index in [-0.39, 0.29) is 19.0 Å². The molecule has 7 nitrogen and oxygen atoms in total. The van der Waals surface area contributed by atoms with Crippen molar-refractivity contribution in [3.63, 3.8) is 0 Å². The molecule has 1 aromatic heterocycles. The maximum atomic E-state index is 14.3. The van der Waals surface area contributed by atoms with Gasteiger partial charge >= 0.3 is 12.3 Å². The summed E-state index contributed by atoms with van der Waals surface area (Å²) < 4.78 is 49.5. The summed E-state index contributed by atoms with van der Waals surface area (Å²) in [5.74, 6) is -0.218. The number of aromatic nitrogens is 2. The molecule has 1 aliphatic heterocycles. The van der Waals surface area contributed by atoms with E-state index >= 15 is 0 Å². The van der Waals surface area contributed by atoms with E-state index in [1.165, 1.54) is 11.1 Å². The standard InChI is InChI=1S/C27H31F3N4O3Si/c1-26(2,3)38(20-10-6-4-7-11-20,21-12-8-5-9-13-21)37-18-23(27(28,29)30)33-24-31-16-19-14-15-34(25(35)36)17-22(19)32-24/h4-13,16,23H,14-15,17-18H2,1-3H3,(H,35,36)(H,31,32,33). The quantitative estimate of drug-likeness (QED) is 0.428. The summed E-state index contributed by atoms with van der Waals surface area (Å²) in [4.78, 5) is 20.9. The maximum absolute atomic E-state index is 14.3. The van der Waals surface area contributed by atoms with Gasteiger partial charge in [0.25, 0.3) is 8.32 Å². The second-order valence-electron chi connectivity index (χ2n) is 10.3. The zero-order valence-electron chi connectivity index (χ0n) is 21.5. The number of nitrogens with zero attached hydrogens (tertiary/aromatic N) is 3. The molecule has 0 saturated heterocycles. The minimum absolute atomic E-state index is 0.00286. The van der Waals surface area contributed by atoms with E-state index in [2.05, 4.69) is 15.3 Å². The fraction of sp³-hybridized carbons (Fsp3) is 0.370. The number of nitrogens with one attached hydrogen (secondary N) is 1. The lowest BCUT2D eigenvalue weighted by molar-refractivity contribution is -0.148. The van der Waals surface area contributed by atoms with Crippen molar-refractivity contribution in [3.8, 4) is 0 Å². The van der Waals surface area contributed by atoms with Crippen LogP contribution in [0.15, 0.2) is 66.9 Å². The Morgan fingerprint density at radius 3 is 2.16 bits per heavy atom. The zero-order valence-corrected chi connectivity index (χ0v) is 22.5. The van der Waals surface area contributed by atoms with Crippen LogP contribution in [0.4, 0.5) is 23.9 Å². The molecule has 4 rings (SSSR count). The number of amides is 1. The fourth-order valence-corrected chi connectivity index (χ4v) is 9.45. The summed E-state index contributed by atoms with van der Waals surface area (Å²) in [5, 5.41) is 13.0. The van der Waals surface area contributed by atoms with Gasteiger partial charge in [0, 0.05) is 12.7 Å². The van der Waals surface area contributed by atoms with Gasteiger partial charge in [0.2, 0.25) is 5.95 Å². The van der Waals surface area contributed by atoms with E-state index in [9.17, 15) is 23.1 Å². The maximum Gasteiger partial charge on any atom is 0.410 e. The molecule has 1 unspecified atom stereocenters. The summed E-state index contributed by atoms with van der Waals surface area (Å²) in [7, 11) is -3.21. The van der Waals surface area contributed by atoms with Crippen molar-refractivity contribution in [2.45, 2.75) is 51.0 Å². The van der Waals surface area contributed by atoms with Crippen LogP contribution in [0.1, 0.15) is 32.0 Å². The van der Waals surface area contributed by atoms with Crippen LogP contribution in [0, 0.1) is 0 Å². The van der Waals surface area contributed by atoms with E-state index in [0.29, 0.717) is 12.1 Å². The van der Waals surface area contributed by atoms with Crippen molar-refractivity contribution in [1.82, 2.24) is 14.9 Å². The Balaban J connectivity index is 1.67. The number of rotatable bonds is 7. The van der Waals surface area contributed by atoms with Crippen molar-refractivity contribution in [3.05, 3.63) is 78.1 Å². The first kappa shape index (κ1) is 27.6. The number of fused-ring (bicyclic) bond motifs is 1. The lowest BCUT2D eigenvalue weighted by atomic mass is 10.1. The Morgan fingerprint density at radius 1 is 1.08 bits per heavy atom.